The first kappa shape index (κ1) is 8.22. The van der Waals surface area contributed by atoms with Crippen LogP contribution in [0, 0.1) is 12.3 Å². The molecule has 11 heavy (non-hydrogen) atoms. The molecule has 1 aromatic rings. The number of rotatable bonds is 3. The van der Waals surface area contributed by atoms with Gasteiger partial charge in [-0.15, -0.1) is 12.3 Å². The highest BCUT2D eigenvalue weighted by Crippen LogP contribution is 2.11. The Morgan fingerprint density at radius 1 is 1.82 bits per heavy atom. The number of terminal acetylenes is 1. The van der Waals surface area contributed by atoms with Gasteiger partial charge in [0.2, 0.25) is 0 Å². The Balaban J connectivity index is 2.62. The van der Waals surface area contributed by atoms with E-state index < -0.39 is 0 Å². The quantitative estimate of drug-likeness (QED) is 0.501. The number of nitrogens with zero attached hydrogens (tertiary/aromatic N) is 2. The minimum Gasteiger partial charge on any atom is -0.325 e. The van der Waals surface area contributed by atoms with Crippen molar-refractivity contribution in [1.82, 2.24) is 9.55 Å². The van der Waals surface area contributed by atoms with Crippen LogP contribution in [0.3, 0.4) is 0 Å². The highest BCUT2D eigenvalue weighted by atomic mass is 32.2. The molecular weight excluding hydrogens is 156 g/mol. The minimum atomic E-state index is 0.768. The van der Waals surface area contributed by atoms with E-state index in [0.29, 0.717) is 0 Å². The lowest BCUT2D eigenvalue weighted by atomic mass is 10.4. The van der Waals surface area contributed by atoms with Gasteiger partial charge in [0.1, 0.15) is 0 Å². The number of hydrogen-bond donors (Lipinski definition) is 0. The molecule has 0 atom stereocenters. The molecule has 0 aromatic carbocycles. The molecule has 0 radical (unpaired) electrons. The normalized spacial score (nSPS) is 9.45. The van der Waals surface area contributed by atoms with Gasteiger partial charge >= 0.3 is 0 Å². The maximum absolute atomic E-state index is 5.15. The Labute approximate surface area is 71.0 Å². The van der Waals surface area contributed by atoms with Crippen LogP contribution in [-0.2, 0) is 6.54 Å². The lowest BCUT2D eigenvalue weighted by Gasteiger charge is -2.00. The Morgan fingerprint density at radius 3 is 3.27 bits per heavy atom. The predicted molar refractivity (Wildman–Crippen MR) is 47.5 cm³/mol. The van der Waals surface area contributed by atoms with Gasteiger partial charge in [0, 0.05) is 25.4 Å². The average molecular weight is 166 g/mol. The summed E-state index contributed by atoms with van der Waals surface area (Å²) in [5.74, 6) is 2.60. The molecule has 0 amide bonds. The van der Waals surface area contributed by atoms with Crippen molar-refractivity contribution in [2.24, 2.45) is 0 Å². The van der Waals surface area contributed by atoms with Crippen LogP contribution >= 0.6 is 11.8 Å². The van der Waals surface area contributed by atoms with Gasteiger partial charge in [-0.25, -0.2) is 4.98 Å². The zero-order valence-corrected chi connectivity index (χ0v) is 7.27. The second-order valence-corrected chi connectivity index (χ2v) is 2.83. The van der Waals surface area contributed by atoms with Crippen molar-refractivity contribution in [2.75, 3.05) is 6.26 Å². The van der Waals surface area contributed by atoms with Crippen LogP contribution in [0.1, 0.15) is 6.42 Å². The smallest absolute Gasteiger partial charge is 0.167 e. The van der Waals surface area contributed by atoms with Crippen LogP contribution in [0.15, 0.2) is 17.6 Å². The largest absolute Gasteiger partial charge is 0.325 e. The van der Waals surface area contributed by atoms with Gasteiger partial charge in [0.25, 0.3) is 0 Å². The molecule has 0 N–H and O–H groups in total. The van der Waals surface area contributed by atoms with E-state index in [1.54, 1.807) is 18.0 Å². The molecule has 3 heteroatoms. The summed E-state index contributed by atoms with van der Waals surface area (Å²) in [5, 5.41) is 1.03. The second-order valence-electron chi connectivity index (χ2n) is 2.06. The van der Waals surface area contributed by atoms with E-state index in [1.165, 1.54) is 0 Å². The molecule has 0 saturated carbocycles. The Hall–Kier alpha value is -0.880. The second kappa shape index (κ2) is 4.09. The van der Waals surface area contributed by atoms with Crippen molar-refractivity contribution in [1.29, 1.82) is 0 Å². The molecule has 58 valence electrons. The topological polar surface area (TPSA) is 17.8 Å². The summed E-state index contributed by atoms with van der Waals surface area (Å²) in [6.07, 6.45) is 11.7. The molecule has 0 aliphatic carbocycles. The van der Waals surface area contributed by atoms with Crippen LogP contribution < -0.4 is 0 Å². The number of aryl methyl sites for hydroxylation is 1. The predicted octanol–water partition coefficient (Wildman–Crippen LogP) is 1.63. The first-order chi connectivity index (χ1) is 5.38. The van der Waals surface area contributed by atoms with Gasteiger partial charge in [-0.1, -0.05) is 11.8 Å². The molecule has 0 bridgehead atoms. The van der Waals surface area contributed by atoms with E-state index in [0.717, 1.165) is 18.1 Å². The van der Waals surface area contributed by atoms with Crippen molar-refractivity contribution in [3.05, 3.63) is 12.4 Å². The van der Waals surface area contributed by atoms with Crippen molar-refractivity contribution in [2.45, 2.75) is 18.1 Å². The summed E-state index contributed by atoms with van der Waals surface area (Å²) in [4.78, 5) is 4.14. The van der Waals surface area contributed by atoms with Crippen molar-refractivity contribution >= 4 is 11.8 Å². The van der Waals surface area contributed by atoms with Gasteiger partial charge in [-0.2, -0.15) is 0 Å². The van der Waals surface area contributed by atoms with Gasteiger partial charge in [-0.05, 0) is 6.26 Å². The fourth-order valence-electron chi connectivity index (χ4n) is 0.841. The molecule has 1 heterocycles. The fraction of sp³-hybridized carbons (Fsp3) is 0.375. The first-order valence-electron chi connectivity index (χ1n) is 3.37. The van der Waals surface area contributed by atoms with Crippen molar-refractivity contribution in [3.8, 4) is 12.3 Å². The van der Waals surface area contributed by atoms with Gasteiger partial charge in [0.15, 0.2) is 5.16 Å². The lowest BCUT2D eigenvalue weighted by Crippen LogP contribution is -1.96. The molecule has 1 rings (SSSR count). The zero-order chi connectivity index (χ0) is 8.10. The maximum atomic E-state index is 5.15. The summed E-state index contributed by atoms with van der Waals surface area (Å²) in [7, 11) is 0. The number of aromatic nitrogens is 2. The molecule has 0 unspecified atom stereocenters. The molecule has 2 nitrogen and oxygen atoms in total. The lowest BCUT2D eigenvalue weighted by molar-refractivity contribution is 0.650. The molecular formula is C8H10N2S. The number of hydrogen-bond acceptors (Lipinski definition) is 2. The van der Waals surface area contributed by atoms with E-state index >= 15 is 0 Å². The third-order valence-electron chi connectivity index (χ3n) is 1.36. The average Bonchev–Trinajstić information content (AvgIpc) is 2.47. The third-order valence-corrected chi connectivity index (χ3v) is 2.06. The van der Waals surface area contributed by atoms with Gasteiger partial charge in [0.05, 0.1) is 0 Å². The highest BCUT2D eigenvalue weighted by Gasteiger charge is 1.97. The summed E-state index contributed by atoms with van der Waals surface area (Å²) in [5.41, 5.74) is 0. The number of thioether (sulfide) groups is 1. The standard InChI is InChI=1S/C8H10N2S/c1-3-4-6-10-7-5-9-8(10)11-2/h1,5,7H,4,6H2,2H3. The SMILES string of the molecule is C#CCCn1ccnc1SC. The summed E-state index contributed by atoms with van der Waals surface area (Å²) in [6.45, 7) is 0.868. The van der Waals surface area contributed by atoms with Crippen molar-refractivity contribution < 1.29 is 0 Å². The summed E-state index contributed by atoms with van der Waals surface area (Å²) in [6, 6.07) is 0. The Morgan fingerprint density at radius 2 is 2.64 bits per heavy atom. The Bertz CT molecular complexity index is 259. The molecule has 0 spiro atoms. The van der Waals surface area contributed by atoms with Crippen molar-refractivity contribution in [3.63, 3.8) is 0 Å². The third kappa shape index (κ3) is 2.02. The molecule has 0 fully saturated rings. The monoisotopic (exact) mass is 166 g/mol. The van der Waals surface area contributed by atoms with Crippen LogP contribution in [-0.4, -0.2) is 15.8 Å². The van der Waals surface area contributed by atoms with E-state index in [1.807, 2.05) is 12.5 Å². The van der Waals surface area contributed by atoms with E-state index in [-0.39, 0.29) is 0 Å². The van der Waals surface area contributed by atoms with Gasteiger partial charge in [-0.3, -0.25) is 0 Å². The minimum absolute atomic E-state index is 0.768. The number of imidazole rings is 1. The molecule has 0 aliphatic heterocycles. The fourth-order valence-corrected chi connectivity index (χ4v) is 1.39. The van der Waals surface area contributed by atoms with E-state index in [2.05, 4.69) is 15.5 Å². The first-order valence-corrected chi connectivity index (χ1v) is 4.59. The molecule has 0 aliphatic rings. The molecule has 1 aromatic heterocycles. The maximum Gasteiger partial charge on any atom is 0.167 e. The van der Waals surface area contributed by atoms with Crippen LogP contribution in [0.4, 0.5) is 0 Å². The van der Waals surface area contributed by atoms with E-state index in [9.17, 15) is 0 Å². The Kier molecular flexibility index (Phi) is 3.06. The summed E-state index contributed by atoms with van der Waals surface area (Å²) < 4.78 is 2.06. The summed E-state index contributed by atoms with van der Waals surface area (Å²) >= 11 is 1.64. The van der Waals surface area contributed by atoms with Crippen LogP contribution in [0.5, 0.6) is 0 Å². The van der Waals surface area contributed by atoms with Gasteiger partial charge < -0.3 is 4.57 Å². The van der Waals surface area contributed by atoms with Crippen LogP contribution in [0.2, 0.25) is 0 Å². The van der Waals surface area contributed by atoms with Crippen LogP contribution in [0.25, 0.3) is 0 Å². The zero-order valence-electron chi connectivity index (χ0n) is 6.45. The highest BCUT2D eigenvalue weighted by molar-refractivity contribution is 7.98. The molecule has 0 saturated heterocycles. The van der Waals surface area contributed by atoms with E-state index in [4.69, 9.17) is 6.42 Å².